The molecule has 1 aromatic carbocycles. The average Bonchev–Trinajstić information content (AvgIpc) is 2.87. The predicted octanol–water partition coefficient (Wildman–Crippen LogP) is 1.56. The molecule has 0 aliphatic heterocycles. The molecule has 0 aliphatic carbocycles. The second-order valence-corrected chi connectivity index (χ2v) is 5.70. The molecular weight excluding hydrogens is 365 g/mol. The van der Waals surface area contributed by atoms with E-state index in [0.717, 1.165) is 14.1 Å². The quantitative estimate of drug-likeness (QED) is 0.693. The van der Waals surface area contributed by atoms with E-state index in [1.807, 2.05) is 24.3 Å². The van der Waals surface area contributed by atoms with Gasteiger partial charge in [-0.15, -0.1) is 10.2 Å². The number of fused-ring (bicyclic) bond motifs is 1. The lowest BCUT2D eigenvalue weighted by Gasteiger charge is -1.95. The van der Waals surface area contributed by atoms with Crippen LogP contribution in [0.4, 0.5) is 0 Å². The first-order valence-corrected chi connectivity index (χ1v) is 6.82. The third-order valence-corrected chi connectivity index (χ3v) is 3.90. The van der Waals surface area contributed by atoms with Crippen molar-refractivity contribution in [1.82, 2.24) is 19.8 Å². The van der Waals surface area contributed by atoms with Gasteiger partial charge in [-0.25, -0.2) is 0 Å². The van der Waals surface area contributed by atoms with Gasteiger partial charge in [0.05, 0.1) is 0 Å². The zero-order valence-corrected chi connectivity index (χ0v) is 11.8. The Morgan fingerprint density at radius 1 is 1.39 bits per heavy atom. The number of hydrogen-bond donors (Lipinski definition) is 1. The number of hydrogen-bond acceptors (Lipinski definition) is 5. The number of carbonyl (C=O) groups excluding carboxylic acids is 1. The van der Waals surface area contributed by atoms with Crippen LogP contribution in [0.3, 0.4) is 0 Å². The summed E-state index contributed by atoms with van der Waals surface area (Å²) in [7, 11) is 0. The van der Waals surface area contributed by atoms with Crippen LogP contribution in [-0.2, 0) is 0 Å². The Balaban J connectivity index is 2.17. The number of nitrogens with two attached hydrogens (primary N) is 1. The zero-order valence-electron chi connectivity index (χ0n) is 8.87. The third kappa shape index (κ3) is 1.86. The predicted molar refractivity (Wildman–Crippen MR) is 75.3 cm³/mol. The summed E-state index contributed by atoms with van der Waals surface area (Å²) in [6, 6.07) is 7.92. The van der Waals surface area contributed by atoms with Gasteiger partial charge in [0.2, 0.25) is 10.8 Å². The third-order valence-electron chi connectivity index (χ3n) is 2.28. The van der Waals surface area contributed by atoms with Crippen LogP contribution in [0, 0.1) is 3.57 Å². The highest BCUT2D eigenvalue weighted by Gasteiger charge is 2.16. The first kappa shape index (κ1) is 11.5. The van der Waals surface area contributed by atoms with Crippen molar-refractivity contribution >= 4 is 44.8 Å². The molecule has 2 N–H and O–H groups in total. The average molecular weight is 371 g/mol. The van der Waals surface area contributed by atoms with Gasteiger partial charge in [0.25, 0.3) is 5.91 Å². The molecular formula is C10H6IN5OS. The van der Waals surface area contributed by atoms with E-state index in [9.17, 15) is 4.79 Å². The van der Waals surface area contributed by atoms with E-state index in [1.54, 1.807) is 0 Å². The van der Waals surface area contributed by atoms with Crippen LogP contribution < -0.4 is 5.73 Å². The van der Waals surface area contributed by atoms with E-state index in [0.29, 0.717) is 4.96 Å². The van der Waals surface area contributed by atoms with Gasteiger partial charge in [0, 0.05) is 9.13 Å². The molecule has 3 rings (SSSR count). The summed E-state index contributed by atoms with van der Waals surface area (Å²) in [5.41, 5.74) is 6.18. The first-order chi connectivity index (χ1) is 8.65. The molecule has 0 saturated heterocycles. The fourth-order valence-electron chi connectivity index (χ4n) is 1.51. The molecule has 0 aliphatic rings. The normalized spacial score (nSPS) is 10.9. The molecule has 0 atom stereocenters. The zero-order chi connectivity index (χ0) is 12.7. The monoisotopic (exact) mass is 371 g/mol. The summed E-state index contributed by atoms with van der Waals surface area (Å²) in [4.78, 5) is 11.7. The van der Waals surface area contributed by atoms with Gasteiger partial charge < -0.3 is 5.73 Å². The SMILES string of the molecule is NC(=O)c1nnc2sc(-c3cccc(I)c3)nn12. The topological polar surface area (TPSA) is 86.2 Å². The number of halogens is 1. The first-order valence-electron chi connectivity index (χ1n) is 4.93. The highest BCUT2D eigenvalue weighted by Crippen LogP contribution is 2.26. The molecule has 3 aromatic rings. The van der Waals surface area contributed by atoms with Crippen LogP contribution in [0.15, 0.2) is 24.3 Å². The van der Waals surface area contributed by atoms with Crippen LogP contribution in [0.5, 0.6) is 0 Å². The van der Waals surface area contributed by atoms with Crippen molar-refractivity contribution < 1.29 is 4.79 Å². The number of amides is 1. The standard InChI is InChI=1S/C10H6IN5OS/c11-6-3-1-2-5(4-6)9-15-16-8(7(12)17)13-14-10(16)18-9/h1-4H,(H2,12,17). The molecule has 2 aromatic heterocycles. The maximum absolute atomic E-state index is 11.1. The highest BCUT2D eigenvalue weighted by atomic mass is 127. The van der Waals surface area contributed by atoms with E-state index in [-0.39, 0.29) is 5.82 Å². The molecule has 18 heavy (non-hydrogen) atoms. The smallest absolute Gasteiger partial charge is 0.288 e. The van der Waals surface area contributed by atoms with Crippen molar-refractivity contribution in [2.24, 2.45) is 5.73 Å². The van der Waals surface area contributed by atoms with Crippen LogP contribution >= 0.6 is 33.9 Å². The van der Waals surface area contributed by atoms with Crippen molar-refractivity contribution in [3.8, 4) is 10.6 Å². The lowest BCUT2D eigenvalue weighted by Crippen LogP contribution is -2.15. The van der Waals surface area contributed by atoms with E-state index in [4.69, 9.17) is 5.73 Å². The molecule has 0 radical (unpaired) electrons. The van der Waals surface area contributed by atoms with Gasteiger partial charge in [-0.05, 0) is 34.7 Å². The summed E-state index contributed by atoms with van der Waals surface area (Å²) >= 11 is 3.60. The van der Waals surface area contributed by atoms with Gasteiger partial charge in [0.15, 0.2) is 0 Å². The summed E-state index contributed by atoms with van der Waals surface area (Å²) in [6.45, 7) is 0. The second kappa shape index (κ2) is 4.28. The van der Waals surface area contributed by atoms with E-state index < -0.39 is 5.91 Å². The Labute approximate surface area is 119 Å². The van der Waals surface area contributed by atoms with Gasteiger partial charge >= 0.3 is 0 Å². The fourth-order valence-corrected chi connectivity index (χ4v) is 2.89. The maximum Gasteiger partial charge on any atom is 0.288 e. The molecule has 90 valence electrons. The van der Waals surface area contributed by atoms with Crippen molar-refractivity contribution in [3.63, 3.8) is 0 Å². The van der Waals surface area contributed by atoms with Crippen molar-refractivity contribution in [2.75, 3.05) is 0 Å². The number of carbonyl (C=O) groups is 1. The molecule has 1 amide bonds. The summed E-state index contributed by atoms with van der Waals surface area (Å²) in [5.74, 6) is -0.583. The fraction of sp³-hybridized carbons (Fsp3) is 0. The highest BCUT2D eigenvalue weighted by molar-refractivity contribution is 14.1. The Kier molecular flexibility index (Phi) is 2.74. The Bertz CT molecular complexity index is 750. The van der Waals surface area contributed by atoms with Crippen molar-refractivity contribution in [2.45, 2.75) is 0 Å². The molecule has 6 nitrogen and oxygen atoms in total. The van der Waals surface area contributed by atoms with Crippen LogP contribution in [0.1, 0.15) is 10.6 Å². The lowest BCUT2D eigenvalue weighted by atomic mass is 10.2. The van der Waals surface area contributed by atoms with Crippen LogP contribution in [0.25, 0.3) is 15.5 Å². The van der Waals surface area contributed by atoms with Gasteiger partial charge in [-0.2, -0.15) is 9.61 Å². The molecule has 0 bridgehead atoms. The summed E-state index contributed by atoms with van der Waals surface area (Å²) in [6.07, 6.45) is 0. The minimum Gasteiger partial charge on any atom is -0.363 e. The lowest BCUT2D eigenvalue weighted by molar-refractivity contribution is 0.0988. The van der Waals surface area contributed by atoms with Crippen molar-refractivity contribution in [1.29, 1.82) is 0 Å². The molecule has 2 heterocycles. The second-order valence-electron chi connectivity index (χ2n) is 3.50. The summed E-state index contributed by atoms with van der Waals surface area (Å²) < 4.78 is 2.49. The van der Waals surface area contributed by atoms with Crippen LogP contribution in [-0.4, -0.2) is 25.7 Å². The van der Waals surface area contributed by atoms with E-state index >= 15 is 0 Å². The maximum atomic E-state index is 11.1. The molecule has 0 unspecified atom stereocenters. The Hall–Kier alpha value is -1.55. The molecule has 0 fully saturated rings. The number of primary amides is 1. The summed E-state index contributed by atoms with van der Waals surface area (Å²) in [5, 5.41) is 12.7. The van der Waals surface area contributed by atoms with Crippen molar-refractivity contribution in [3.05, 3.63) is 33.7 Å². The van der Waals surface area contributed by atoms with Gasteiger partial charge in [-0.1, -0.05) is 23.5 Å². The number of aromatic nitrogens is 4. The largest absolute Gasteiger partial charge is 0.363 e. The number of benzene rings is 1. The Morgan fingerprint density at radius 3 is 2.94 bits per heavy atom. The van der Waals surface area contributed by atoms with Gasteiger partial charge in [0.1, 0.15) is 5.01 Å². The van der Waals surface area contributed by atoms with E-state index in [1.165, 1.54) is 15.9 Å². The molecule has 8 heteroatoms. The minimum atomic E-state index is -0.637. The molecule has 0 saturated carbocycles. The molecule has 0 spiro atoms. The van der Waals surface area contributed by atoms with Crippen LogP contribution in [0.2, 0.25) is 0 Å². The van der Waals surface area contributed by atoms with Gasteiger partial charge in [-0.3, -0.25) is 4.79 Å². The Morgan fingerprint density at radius 2 is 2.22 bits per heavy atom. The minimum absolute atomic E-state index is 0.0538. The van der Waals surface area contributed by atoms with E-state index in [2.05, 4.69) is 37.9 Å². The number of rotatable bonds is 2. The number of nitrogens with zero attached hydrogens (tertiary/aromatic N) is 4.